The Bertz CT molecular complexity index is 578. The van der Waals surface area contributed by atoms with Gasteiger partial charge in [0.15, 0.2) is 0 Å². The number of halogens is 1. The lowest BCUT2D eigenvalue weighted by Gasteiger charge is -2.09. The Morgan fingerprint density at radius 2 is 1.90 bits per heavy atom. The Balaban J connectivity index is 0.00000400. The Morgan fingerprint density at radius 1 is 1.24 bits per heavy atom. The van der Waals surface area contributed by atoms with E-state index in [-0.39, 0.29) is 29.5 Å². The van der Waals surface area contributed by atoms with E-state index >= 15 is 0 Å². The minimum atomic E-state index is -3.73. The first-order chi connectivity index (χ1) is 9.38. The van der Waals surface area contributed by atoms with Gasteiger partial charge in [-0.2, -0.15) is 0 Å². The van der Waals surface area contributed by atoms with Crippen LogP contribution in [0, 0.1) is 17.0 Å². The van der Waals surface area contributed by atoms with Gasteiger partial charge in [-0.15, -0.1) is 12.4 Å². The van der Waals surface area contributed by atoms with E-state index in [1.165, 1.54) is 12.1 Å². The molecule has 9 heteroatoms. The summed E-state index contributed by atoms with van der Waals surface area (Å²) in [6.07, 6.45) is 0.969. The van der Waals surface area contributed by atoms with E-state index in [1.807, 2.05) is 6.92 Å². The molecule has 0 radical (unpaired) electrons. The quantitative estimate of drug-likeness (QED) is 0.426. The molecule has 21 heavy (non-hydrogen) atoms. The van der Waals surface area contributed by atoms with E-state index in [0.717, 1.165) is 19.0 Å². The topological polar surface area (TPSA) is 101 Å². The molecule has 0 unspecified atom stereocenters. The lowest BCUT2D eigenvalue weighted by atomic mass is 10.2. The molecule has 1 aromatic carbocycles. The highest BCUT2D eigenvalue weighted by molar-refractivity contribution is 7.89. The fraction of sp³-hybridized carbons (Fsp3) is 0.500. The maximum Gasteiger partial charge on any atom is 0.270 e. The fourth-order valence-corrected chi connectivity index (χ4v) is 2.94. The lowest BCUT2D eigenvalue weighted by Crippen LogP contribution is -2.32. The van der Waals surface area contributed by atoms with Gasteiger partial charge in [-0.3, -0.25) is 10.1 Å². The molecule has 1 aromatic rings. The summed E-state index contributed by atoms with van der Waals surface area (Å²) in [5.74, 6) is 0. The molecule has 1 rings (SSSR count). The molecule has 0 saturated carbocycles. The number of nitrogens with one attached hydrogen (secondary N) is 2. The first-order valence-electron chi connectivity index (χ1n) is 6.34. The van der Waals surface area contributed by atoms with Crippen LogP contribution in [0.25, 0.3) is 0 Å². The van der Waals surface area contributed by atoms with Crippen LogP contribution in [0.15, 0.2) is 23.1 Å². The highest BCUT2D eigenvalue weighted by atomic mass is 35.5. The van der Waals surface area contributed by atoms with Gasteiger partial charge in [0.25, 0.3) is 5.69 Å². The van der Waals surface area contributed by atoms with Gasteiger partial charge < -0.3 is 5.32 Å². The van der Waals surface area contributed by atoms with Gasteiger partial charge in [0.05, 0.1) is 9.82 Å². The van der Waals surface area contributed by atoms with E-state index in [4.69, 9.17) is 0 Å². The van der Waals surface area contributed by atoms with E-state index < -0.39 is 14.9 Å². The van der Waals surface area contributed by atoms with Gasteiger partial charge in [-0.05, 0) is 25.5 Å². The maximum absolute atomic E-state index is 12.1. The molecule has 0 fully saturated rings. The number of nitrogens with zero attached hydrogens (tertiary/aromatic N) is 1. The summed E-state index contributed by atoms with van der Waals surface area (Å²) in [4.78, 5) is 10.0. The Hall–Kier alpha value is -1.22. The zero-order chi connectivity index (χ0) is 15.2. The standard InChI is InChI=1S/C12H19N3O4S.ClH/c1-3-6-13-7-8-14-20(18,19)12-9-11(15(16)17)5-4-10(12)2;/h4-5,9,13-14H,3,6-8H2,1-2H3;1H. The summed E-state index contributed by atoms with van der Waals surface area (Å²) in [5, 5.41) is 13.8. The van der Waals surface area contributed by atoms with Crippen molar-refractivity contribution in [3.8, 4) is 0 Å². The second kappa shape index (κ2) is 8.93. The van der Waals surface area contributed by atoms with Gasteiger partial charge >= 0.3 is 0 Å². The molecule has 2 N–H and O–H groups in total. The van der Waals surface area contributed by atoms with Crippen LogP contribution in [0.2, 0.25) is 0 Å². The first kappa shape index (κ1) is 19.8. The summed E-state index contributed by atoms with van der Waals surface area (Å²) in [5.41, 5.74) is 0.240. The Labute approximate surface area is 130 Å². The Kier molecular flexibility index (Phi) is 8.41. The average molecular weight is 338 g/mol. The molecule has 0 saturated heterocycles. The van der Waals surface area contributed by atoms with Crippen molar-refractivity contribution < 1.29 is 13.3 Å². The van der Waals surface area contributed by atoms with E-state index in [2.05, 4.69) is 10.0 Å². The van der Waals surface area contributed by atoms with Crippen LogP contribution in [-0.4, -0.2) is 33.0 Å². The summed E-state index contributed by atoms with van der Waals surface area (Å²) in [7, 11) is -3.73. The van der Waals surface area contributed by atoms with Crippen molar-refractivity contribution in [1.82, 2.24) is 10.0 Å². The number of aryl methyl sites for hydroxylation is 1. The molecule has 0 atom stereocenters. The minimum Gasteiger partial charge on any atom is -0.315 e. The largest absolute Gasteiger partial charge is 0.315 e. The molecule has 0 amide bonds. The molecule has 0 aliphatic heterocycles. The normalized spacial score (nSPS) is 11.0. The van der Waals surface area contributed by atoms with E-state index in [1.54, 1.807) is 6.92 Å². The van der Waals surface area contributed by atoms with Crippen LogP contribution in [0.1, 0.15) is 18.9 Å². The zero-order valence-corrected chi connectivity index (χ0v) is 13.6. The lowest BCUT2D eigenvalue weighted by molar-refractivity contribution is -0.385. The highest BCUT2D eigenvalue weighted by Crippen LogP contribution is 2.21. The number of benzene rings is 1. The number of hydrogen-bond acceptors (Lipinski definition) is 5. The summed E-state index contributed by atoms with van der Waals surface area (Å²) in [6, 6.07) is 3.80. The first-order valence-corrected chi connectivity index (χ1v) is 7.82. The predicted molar refractivity (Wildman–Crippen MR) is 83.4 cm³/mol. The fourth-order valence-electron chi connectivity index (χ4n) is 1.65. The third-order valence-corrected chi connectivity index (χ3v) is 4.30. The molecule has 120 valence electrons. The molecule has 0 bridgehead atoms. The third-order valence-electron chi connectivity index (χ3n) is 2.69. The third kappa shape index (κ3) is 5.96. The number of rotatable bonds is 8. The smallest absolute Gasteiger partial charge is 0.270 e. The van der Waals surface area contributed by atoms with Crippen LogP contribution < -0.4 is 10.0 Å². The van der Waals surface area contributed by atoms with Crippen LogP contribution >= 0.6 is 12.4 Å². The maximum atomic E-state index is 12.1. The van der Waals surface area contributed by atoms with Crippen molar-refractivity contribution in [2.24, 2.45) is 0 Å². The van der Waals surface area contributed by atoms with Crippen molar-refractivity contribution in [1.29, 1.82) is 0 Å². The SMILES string of the molecule is CCCNCCNS(=O)(=O)c1cc([N+](=O)[O-])ccc1C.Cl. The molecule has 0 aromatic heterocycles. The monoisotopic (exact) mass is 337 g/mol. The molecule has 0 heterocycles. The van der Waals surface area contributed by atoms with Crippen molar-refractivity contribution in [2.75, 3.05) is 19.6 Å². The van der Waals surface area contributed by atoms with Gasteiger partial charge in [-0.1, -0.05) is 13.0 Å². The van der Waals surface area contributed by atoms with E-state index in [0.29, 0.717) is 12.1 Å². The number of hydrogen-bond donors (Lipinski definition) is 2. The second-order valence-electron chi connectivity index (χ2n) is 4.35. The summed E-state index contributed by atoms with van der Waals surface area (Å²) < 4.78 is 26.6. The highest BCUT2D eigenvalue weighted by Gasteiger charge is 2.19. The van der Waals surface area contributed by atoms with Crippen LogP contribution in [-0.2, 0) is 10.0 Å². The summed E-state index contributed by atoms with van der Waals surface area (Å²) in [6.45, 7) is 5.19. The number of non-ortho nitro benzene ring substituents is 1. The van der Waals surface area contributed by atoms with Crippen LogP contribution in [0.4, 0.5) is 5.69 Å². The molecule has 0 spiro atoms. The molecule has 7 nitrogen and oxygen atoms in total. The molecule has 0 aliphatic carbocycles. The van der Waals surface area contributed by atoms with Gasteiger partial charge in [-0.25, -0.2) is 13.1 Å². The number of nitro benzene ring substituents is 1. The molecule has 0 aliphatic rings. The number of nitro groups is 1. The van der Waals surface area contributed by atoms with Crippen LogP contribution in [0.3, 0.4) is 0 Å². The predicted octanol–water partition coefficient (Wildman–Crippen LogP) is 1.60. The number of sulfonamides is 1. The zero-order valence-electron chi connectivity index (χ0n) is 12.0. The van der Waals surface area contributed by atoms with Crippen molar-refractivity contribution >= 4 is 28.1 Å². The van der Waals surface area contributed by atoms with Crippen LogP contribution in [0.5, 0.6) is 0 Å². The van der Waals surface area contributed by atoms with E-state index in [9.17, 15) is 18.5 Å². The van der Waals surface area contributed by atoms with Gasteiger partial charge in [0.1, 0.15) is 0 Å². The van der Waals surface area contributed by atoms with Crippen molar-refractivity contribution in [3.05, 3.63) is 33.9 Å². The van der Waals surface area contributed by atoms with Crippen molar-refractivity contribution in [2.45, 2.75) is 25.2 Å². The van der Waals surface area contributed by atoms with Gasteiger partial charge in [0, 0.05) is 25.2 Å². The van der Waals surface area contributed by atoms with Crippen molar-refractivity contribution in [3.63, 3.8) is 0 Å². The average Bonchev–Trinajstić information content (AvgIpc) is 2.38. The summed E-state index contributed by atoms with van der Waals surface area (Å²) >= 11 is 0. The molecular formula is C12H20ClN3O4S. The van der Waals surface area contributed by atoms with Gasteiger partial charge in [0.2, 0.25) is 10.0 Å². The Morgan fingerprint density at radius 3 is 2.48 bits per heavy atom. The second-order valence-corrected chi connectivity index (χ2v) is 6.09. The minimum absolute atomic E-state index is 0. The molecular weight excluding hydrogens is 318 g/mol.